The number of ether oxygens (including phenoxy) is 1. The minimum Gasteiger partial charge on any atom is -0.435 e. The van der Waals surface area contributed by atoms with E-state index in [1.165, 1.54) is 17.0 Å². The summed E-state index contributed by atoms with van der Waals surface area (Å²) >= 11 is 0. The van der Waals surface area contributed by atoms with E-state index in [0.717, 1.165) is 5.56 Å². The standard InChI is InChI=1S/C14H18F2N2O4S/c1-10(11-2-4-12(5-3-11)22-13(15)16)17-14(19)18-6-8-23(20,21)9-7-18/h2-5,10,13H,6-9H2,1H3,(H,17,19)/t10-/m0/s1. The molecule has 0 spiro atoms. The van der Waals surface area contributed by atoms with Gasteiger partial charge in [0.05, 0.1) is 17.5 Å². The van der Waals surface area contributed by atoms with Crippen molar-refractivity contribution in [1.29, 1.82) is 0 Å². The van der Waals surface area contributed by atoms with E-state index in [9.17, 15) is 22.0 Å². The normalized spacial score (nSPS) is 18.5. The van der Waals surface area contributed by atoms with Gasteiger partial charge in [-0.15, -0.1) is 0 Å². The molecule has 23 heavy (non-hydrogen) atoms. The van der Waals surface area contributed by atoms with E-state index < -0.39 is 16.4 Å². The molecule has 2 amide bonds. The Morgan fingerprint density at radius 1 is 1.22 bits per heavy atom. The summed E-state index contributed by atoms with van der Waals surface area (Å²) in [6, 6.07) is 5.28. The van der Waals surface area contributed by atoms with Crippen molar-refractivity contribution in [2.24, 2.45) is 0 Å². The summed E-state index contributed by atoms with van der Waals surface area (Å²) in [6.07, 6.45) is 0. The summed E-state index contributed by atoms with van der Waals surface area (Å²) in [4.78, 5) is 13.6. The molecule has 1 fully saturated rings. The third-order valence-electron chi connectivity index (χ3n) is 3.58. The zero-order chi connectivity index (χ0) is 17.0. The smallest absolute Gasteiger partial charge is 0.387 e. The number of hydrogen-bond donors (Lipinski definition) is 1. The van der Waals surface area contributed by atoms with Crippen LogP contribution in [0.25, 0.3) is 0 Å². The van der Waals surface area contributed by atoms with Gasteiger partial charge >= 0.3 is 12.6 Å². The largest absolute Gasteiger partial charge is 0.435 e. The second-order valence-corrected chi connectivity index (χ2v) is 7.56. The Balaban J connectivity index is 1.91. The Bertz CT molecular complexity index is 635. The molecule has 1 saturated heterocycles. The van der Waals surface area contributed by atoms with Crippen molar-refractivity contribution >= 4 is 15.9 Å². The lowest BCUT2D eigenvalue weighted by atomic mass is 10.1. The molecule has 9 heteroatoms. The van der Waals surface area contributed by atoms with Gasteiger partial charge in [0.1, 0.15) is 5.75 Å². The second-order valence-electron chi connectivity index (χ2n) is 5.26. The van der Waals surface area contributed by atoms with Crippen LogP contribution in [0.1, 0.15) is 18.5 Å². The maximum absolute atomic E-state index is 12.1. The first-order valence-electron chi connectivity index (χ1n) is 7.07. The van der Waals surface area contributed by atoms with Gasteiger partial charge in [0.15, 0.2) is 9.84 Å². The minimum atomic E-state index is -3.04. The summed E-state index contributed by atoms with van der Waals surface area (Å²) in [5, 5.41) is 2.76. The molecular weight excluding hydrogens is 330 g/mol. The fraction of sp³-hybridized carbons (Fsp3) is 0.500. The molecular formula is C14H18F2N2O4S. The maximum atomic E-state index is 12.1. The van der Waals surface area contributed by atoms with Gasteiger partial charge in [0.25, 0.3) is 0 Å². The van der Waals surface area contributed by atoms with Crippen LogP contribution < -0.4 is 10.1 Å². The lowest BCUT2D eigenvalue weighted by molar-refractivity contribution is -0.0498. The molecule has 2 rings (SSSR count). The molecule has 0 aliphatic carbocycles. The molecule has 0 radical (unpaired) electrons. The average molecular weight is 348 g/mol. The van der Waals surface area contributed by atoms with Gasteiger partial charge in [-0.1, -0.05) is 12.1 Å². The lowest BCUT2D eigenvalue weighted by Crippen LogP contribution is -2.48. The molecule has 0 saturated carbocycles. The molecule has 6 nitrogen and oxygen atoms in total. The Hall–Kier alpha value is -1.90. The molecule has 1 heterocycles. The van der Waals surface area contributed by atoms with Crippen LogP contribution in [-0.2, 0) is 9.84 Å². The van der Waals surface area contributed by atoms with Crippen LogP contribution in [0, 0.1) is 0 Å². The van der Waals surface area contributed by atoms with Gasteiger partial charge in [-0.3, -0.25) is 0 Å². The average Bonchev–Trinajstić information content (AvgIpc) is 2.47. The third-order valence-corrected chi connectivity index (χ3v) is 5.19. The summed E-state index contributed by atoms with van der Waals surface area (Å²) < 4.78 is 51.1. The van der Waals surface area contributed by atoms with E-state index in [-0.39, 0.29) is 42.4 Å². The van der Waals surface area contributed by atoms with E-state index in [0.29, 0.717) is 0 Å². The van der Waals surface area contributed by atoms with Gasteiger partial charge in [-0.25, -0.2) is 13.2 Å². The first kappa shape index (κ1) is 17.5. The maximum Gasteiger partial charge on any atom is 0.387 e. The van der Waals surface area contributed by atoms with Crippen molar-refractivity contribution in [2.45, 2.75) is 19.6 Å². The number of sulfone groups is 1. The molecule has 128 valence electrons. The molecule has 1 aromatic rings. The van der Waals surface area contributed by atoms with Gasteiger partial charge in [0.2, 0.25) is 0 Å². The molecule has 0 unspecified atom stereocenters. The summed E-state index contributed by atoms with van der Waals surface area (Å²) in [6.45, 7) is -0.792. The van der Waals surface area contributed by atoms with Crippen LogP contribution in [0.15, 0.2) is 24.3 Å². The number of rotatable bonds is 4. The SMILES string of the molecule is C[C@H](NC(=O)N1CCS(=O)(=O)CC1)c1ccc(OC(F)F)cc1. The zero-order valence-electron chi connectivity index (χ0n) is 12.5. The van der Waals surface area contributed by atoms with Gasteiger partial charge in [-0.2, -0.15) is 8.78 Å². The van der Waals surface area contributed by atoms with Crippen molar-refractivity contribution in [1.82, 2.24) is 10.2 Å². The van der Waals surface area contributed by atoms with Crippen molar-refractivity contribution in [3.63, 3.8) is 0 Å². The molecule has 0 aromatic heterocycles. The summed E-state index contributed by atoms with van der Waals surface area (Å²) in [7, 11) is -3.04. The van der Waals surface area contributed by atoms with Crippen molar-refractivity contribution < 1.29 is 26.7 Å². The highest BCUT2D eigenvalue weighted by Crippen LogP contribution is 2.19. The van der Waals surface area contributed by atoms with Gasteiger partial charge < -0.3 is 15.0 Å². The Kier molecular flexibility index (Phi) is 5.40. The number of hydrogen-bond acceptors (Lipinski definition) is 4. The third kappa shape index (κ3) is 5.05. The highest BCUT2D eigenvalue weighted by Gasteiger charge is 2.25. The number of benzene rings is 1. The second kappa shape index (κ2) is 7.12. The van der Waals surface area contributed by atoms with E-state index in [1.807, 2.05) is 0 Å². The quantitative estimate of drug-likeness (QED) is 0.900. The predicted octanol–water partition coefficient (Wildman–Crippen LogP) is 1.79. The van der Waals surface area contributed by atoms with Crippen molar-refractivity contribution in [3.05, 3.63) is 29.8 Å². The minimum absolute atomic E-state index is 0.0333. The predicted molar refractivity (Wildman–Crippen MR) is 80.2 cm³/mol. The van der Waals surface area contributed by atoms with Crippen LogP contribution in [0.2, 0.25) is 0 Å². The number of nitrogens with zero attached hydrogens (tertiary/aromatic N) is 1. The van der Waals surface area contributed by atoms with Crippen LogP contribution in [0.5, 0.6) is 5.75 Å². The molecule has 1 N–H and O–H groups in total. The lowest BCUT2D eigenvalue weighted by Gasteiger charge is -2.28. The number of alkyl halides is 2. The van der Waals surface area contributed by atoms with E-state index in [4.69, 9.17) is 0 Å². The highest BCUT2D eigenvalue weighted by atomic mass is 32.2. The summed E-state index contributed by atoms with van der Waals surface area (Å²) in [5.74, 6) is -0.0216. The number of urea groups is 1. The van der Waals surface area contributed by atoms with Crippen LogP contribution in [0.3, 0.4) is 0 Å². The molecule has 0 bridgehead atoms. The first-order valence-corrected chi connectivity index (χ1v) is 8.89. The fourth-order valence-corrected chi connectivity index (χ4v) is 3.41. The molecule has 1 aromatic carbocycles. The Labute approximate surface area is 133 Å². The van der Waals surface area contributed by atoms with Crippen molar-refractivity contribution in [3.8, 4) is 5.75 Å². The van der Waals surface area contributed by atoms with E-state index in [2.05, 4.69) is 10.1 Å². The molecule has 1 atom stereocenters. The van der Waals surface area contributed by atoms with Gasteiger partial charge in [0, 0.05) is 13.1 Å². The zero-order valence-corrected chi connectivity index (χ0v) is 13.4. The first-order chi connectivity index (χ1) is 10.8. The topological polar surface area (TPSA) is 75.7 Å². The highest BCUT2D eigenvalue weighted by molar-refractivity contribution is 7.91. The Morgan fingerprint density at radius 3 is 2.30 bits per heavy atom. The van der Waals surface area contributed by atoms with Crippen LogP contribution in [0.4, 0.5) is 13.6 Å². The monoisotopic (exact) mass is 348 g/mol. The number of nitrogens with one attached hydrogen (secondary N) is 1. The van der Waals surface area contributed by atoms with Gasteiger partial charge in [-0.05, 0) is 24.6 Å². The fourth-order valence-electron chi connectivity index (χ4n) is 2.21. The number of carbonyl (C=O) groups is 1. The van der Waals surface area contributed by atoms with Crippen LogP contribution >= 0.6 is 0 Å². The Morgan fingerprint density at radius 2 is 1.78 bits per heavy atom. The number of carbonyl (C=O) groups excluding carboxylic acids is 1. The van der Waals surface area contributed by atoms with Crippen LogP contribution in [-0.4, -0.2) is 50.6 Å². The number of halogens is 2. The van der Waals surface area contributed by atoms with E-state index >= 15 is 0 Å². The molecule has 1 aliphatic heterocycles. The van der Waals surface area contributed by atoms with Crippen molar-refractivity contribution in [2.75, 3.05) is 24.6 Å². The molecule has 1 aliphatic rings. The summed E-state index contributed by atoms with van der Waals surface area (Å²) in [5.41, 5.74) is 0.726. The number of amides is 2. The van der Waals surface area contributed by atoms with E-state index in [1.54, 1.807) is 19.1 Å².